The second-order valence-corrected chi connectivity index (χ2v) is 4.81. The first-order chi connectivity index (χ1) is 9.43. The van der Waals surface area contributed by atoms with Gasteiger partial charge in [-0.1, -0.05) is 30.3 Å². The minimum atomic E-state index is 0.331. The standard InChI is InChI=1S/C15H18N4/c1-2-4-13(5-3-1)11-19-9-8-16-10-15(19)14-6-7-17-12-18-14/h1-7,12,15-16H,8-11H2. The van der Waals surface area contributed by atoms with Gasteiger partial charge >= 0.3 is 0 Å². The zero-order valence-corrected chi connectivity index (χ0v) is 10.9. The summed E-state index contributed by atoms with van der Waals surface area (Å²) in [7, 11) is 0. The van der Waals surface area contributed by atoms with Crippen LogP contribution in [0.15, 0.2) is 48.9 Å². The third kappa shape index (κ3) is 2.97. The number of rotatable bonds is 3. The molecule has 4 heteroatoms. The molecule has 2 aromatic rings. The quantitative estimate of drug-likeness (QED) is 0.903. The first-order valence-electron chi connectivity index (χ1n) is 6.68. The third-order valence-corrected chi connectivity index (χ3v) is 3.53. The van der Waals surface area contributed by atoms with Crippen LogP contribution in [0.5, 0.6) is 0 Å². The molecule has 1 saturated heterocycles. The van der Waals surface area contributed by atoms with Crippen LogP contribution in [0.2, 0.25) is 0 Å². The summed E-state index contributed by atoms with van der Waals surface area (Å²) in [6.07, 6.45) is 3.45. The van der Waals surface area contributed by atoms with Crippen molar-refractivity contribution in [3.8, 4) is 0 Å². The fourth-order valence-electron chi connectivity index (χ4n) is 2.54. The van der Waals surface area contributed by atoms with E-state index in [0.29, 0.717) is 6.04 Å². The highest BCUT2D eigenvalue weighted by Gasteiger charge is 2.24. The molecule has 0 spiro atoms. The third-order valence-electron chi connectivity index (χ3n) is 3.53. The lowest BCUT2D eigenvalue weighted by Crippen LogP contribution is -2.45. The first kappa shape index (κ1) is 12.3. The van der Waals surface area contributed by atoms with Crippen molar-refractivity contribution < 1.29 is 0 Å². The Morgan fingerprint density at radius 2 is 2.11 bits per heavy atom. The number of hydrogen-bond acceptors (Lipinski definition) is 4. The van der Waals surface area contributed by atoms with E-state index in [4.69, 9.17) is 0 Å². The lowest BCUT2D eigenvalue weighted by molar-refractivity contribution is 0.150. The highest BCUT2D eigenvalue weighted by atomic mass is 15.2. The molecule has 19 heavy (non-hydrogen) atoms. The minimum absolute atomic E-state index is 0.331. The Balaban J connectivity index is 1.78. The molecule has 1 unspecified atom stereocenters. The molecule has 0 aliphatic carbocycles. The molecule has 1 aromatic heterocycles. The second-order valence-electron chi connectivity index (χ2n) is 4.81. The first-order valence-corrected chi connectivity index (χ1v) is 6.68. The smallest absolute Gasteiger partial charge is 0.115 e. The summed E-state index contributed by atoms with van der Waals surface area (Å²) in [5.41, 5.74) is 2.45. The Morgan fingerprint density at radius 1 is 1.21 bits per heavy atom. The summed E-state index contributed by atoms with van der Waals surface area (Å²) in [5.74, 6) is 0. The molecule has 4 nitrogen and oxygen atoms in total. The fraction of sp³-hybridized carbons (Fsp3) is 0.333. The largest absolute Gasteiger partial charge is 0.313 e. The highest BCUT2D eigenvalue weighted by molar-refractivity contribution is 5.16. The zero-order valence-electron chi connectivity index (χ0n) is 10.9. The van der Waals surface area contributed by atoms with Crippen LogP contribution >= 0.6 is 0 Å². The van der Waals surface area contributed by atoms with Crippen molar-refractivity contribution in [1.82, 2.24) is 20.2 Å². The molecule has 1 aliphatic rings. The molecule has 1 aromatic carbocycles. The van der Waals surface area contributed by atoms with Crippen molar-refractivity contribution >= 4 is 0 Å². The number of piperazine rings is 1. The van der Waals surface area contributed by atoms with E-state index in [2.05, 4.69) is 50.5 Å². The highest BCUT2D eigenvalue weighted by Crippen LogP contribution is 2.21. The van der Waals surface area contributed by atoms with Crippen molar-refractivity contribution in [3.63, 3.8) is 0 Å². The fourth-order valence-corrected chi connectivity index (χ4v) is 2.54. The van der Waals surface area contributed by atoms with E-state index in [9.17, 15) is 0 Å². The molecule has 1 fully saturated rings. The lowest BCUT2D eigenvalue weighted by atomic mass is 10.1. The van der Waals surface area contributed by atoms with Gasteiger partial charge in [0.2, 0.25) is 0 Å². The van der Waals surface area contributed by atoms with Crippen LogP contribution in [0, 0.1) is 0 Å². The predicted molar refractivity (Wildman–Crippen MR) is 74.5 cm³/mol. The van der Waals surface area contributed by atoms with Gasteiger partial charge in [0, 0.05) is 32.4 Å². The average Bonchev–Trinajstić information content (AvgIpc) is 2.50. The molecule has 0 saturated carbocycles. The van der Waals surface area contributed by atoms with Gasteiger partial charge in [-0.2, -0.15) is 0 Å². The van der Waals surface area contributed by atoms with Crippen molar-refractivity contribution in [2.45, 2.75) is 12.6 Å². The Bertz CT molecular complexity index is 500. The Labute approximate surface area is 113 Å². The predicted octanol–water partition coefficient (Wildman–Crippen LogP) is 1.62. The lowest BCUT2D eigenvalue weighted by Gasteiger charge is -2.35. The topological polar surface area (TPSA) is 41.0 Å². The number of nitrogens with zero attached hydrogens (tertiary/aromatic N) is 3. The summed E-state index contributed by atoms with van der Waals surface area (Å²) >= 11 is 0. The maximum Gasteiger partial charge on any atom is 0.115 e. The molecule has 0 radical (unpaired) electrons. The minimum Gasteiger partial charge on any atom is -0.313 e. The van der Waals surface area contributed by atoms with Crippen LogP contribution in [0.4, 0.5) is 0 Å². The van der Waals surface area contributed by atoms with E-state index in [1.165, 1.54) is 5.56 Å². The maximum atomic E-state index is 4.40. The number of hydrogen-bond donors (Lipinski definition) is 1. The van der Waals surface area contributed by atoms with Crippen LogP contribution in [0.3, 0.4) is 0 Å². The van der Waals surface area contributed by atoms with Gasteiger partial charge in [0.15, 0.2) is 0 Å². The second kappa shape index (κ2) is 5.91. The molecule has 1 aliphatic heterocycles. The van der Waals surface area contributed by atoms with Gasteiger partial charge in [0.25, 0.3) is 0 Å². The van der Waals surface area contributed by atoms with E-state index in [1.54, 1.807) is 6.33 Å². The van der Waals surface area contributed by atoms with Gasteiger partial charge in [0.1, 0.15) is 6.33 Å². The van der Waals surface area contributed by atoms with Crippen LogP contribution in [0.25, 0.3) is 0 Å². The van der Waals surface area contributed by atoms with Gasteiger partial charge in [-0.3, -0.25) is 4.90 Å². The molecule has 2 heterocycles. The van der Waals surface area contributed by atoms with Crippen molar-refractivity contribution in [3.05, 3.63) is 60.2 Å². The van der Waals surface area contributed by atoms with E-state index in [-0.39, 0.29) is 0 Å². The molecule has 98 valence electrons. The number of nitrogens with one attached hydrogen (secondary N) is 1. The van der Waals surface area contributed by atoms with Crippen molar-refractivity contribution in [2.24, 2.45) is 0 Å². The molecule has 0 amide bonds. The van der Waals surface area contributed by atoms with Crippen LogP contribution < -0.4 is 5.32 Å². The van der Waals surface area contributed by atoms with Gasteiger partial charge in [-0.15, -0.1) is 0 Å². The number of aromatic nitrogens is 2. The maximum absolute atomic E-state index is 4.40. The monoisotopic (exact) mass is 254 g/mol. The molecule has 1 N–H and O–H groups in total. The van der Waals surface area contributed by atoms with Gasteiger partial charge < -0.3 is 5.32 Å². The molecule has 3 rings (SSSR count). The zero-order chi connectivity index (χ0) is 12.9. The van der Waals surface area contributed by atoms with E-state index in [1.807, 2.05) is 12.3 Å². The van der Waals surface area contributed by atoms with Gasteiger partial charge in [-0.05, 0) is 11.6 Å². The molecular weight excluding hydrogens is 236 g/mol. The summed E-state index contributed by atoms with van der Waals surface area (Å²) < 4.78 is 0. The summed E-state index contributed by atoms with van der Waals surface area (Å²) in [6, 6.07) is 12.9. The van der Waals surface area contributed by atoms with Crippen LogP contribution in [-0.2, 0) is 6.54 Å². The van der Waals surface area contributed by atoms with E-state index >= 15 is 0 Å². The SMILES string of the molecule is c1ccc(CN2CCNCC2c2ccncn2)cc1. The Morgan fingerprint density at radius 3 is 2.89 bits per heavy atom. The normalized spacial score (nSPS) is 20.3. The molecule has 0 bridgehead atoms. The number of benzene rings is 1. The van der Waals surface area contributed by atoms with Gasteiger partial charge in [-0.25, -0.2) is 9.97 Å². The molecular formula is C15H18N4. The van der Waals surface area contributed by atoms with Crippen LogP contribution in [-0.4, -0.2) is 34.5 Å². The van der Waals surface area contributed by atoms with Crippen molar-refractivity contribution in [2.75, 3.05) is 19.6 Å². The van der Waals surface area contributed by atoms with E-state index < -0.39 is 0 Å². The van der Waals surface area contributed by atoms with E-state index in [0.717, 1.165) is 31.9 Å². The molecule has 1 atom stereocenters. The Hall–Kier alpha value is -1.78. The van der Waals surface area contributed by atoms with Crippen molar-refractivity contribution in [1.29, 1.82) is 0 Å². The summed E-state index contributed by atoms with van der Waals surface area (Å²) in [6.45, 7) is 4.00. The summed E-state index contributed by atoms with van der Waals surface area (Å²) in [5, 5.41) is 3.45. The Kier molecular flexibility index (Phi) is 3.81. The van der Waals surface area contributed by atoms with Crippen LogP contribution in [0.1, 0.15) is 17.3 Å². The van der Waals surface area contributed by atoms with Gasteiger partial charge in [0.05, 0.1) is 11.7 Å². The summed E-state index contributed by atoms with van der Waals surface area (Å²) in [4.78, 5) is 10.9. The average molecular weight is 254 g/mol.